The molecule has 0 radical (unpaired) electrons. The van der Waals surface area contributed by atoms with Crippen LogP contribution >= 0.6 is 0 Å². The second-order valence-electron chi connectivity index (χ2n) is 6.69. The first-order valence-electron chi connectivity index (χ1n) is 8.42. The van der Waals surface area contributed by atoms with Gasteiger partial charge in [0.05, 0.1) is 12.7 Å². The minimum atomic E-state index is -3.28. The second kappa shape index (κ2) is 8.34. The number of benzene rings is 1. The summed E-state index contributed by atoms with van der Waals surface area (Å²) >= 11 is 0. The van der Waals surface area contributed by atoms with E-state index in [9.17, 15) is 13.2 Å². The molecule has 2 N–H and O–H groups in total. The predicted octanol–water partition coefficient (Wildman–Crippen LogP) is 3.02. The fraction of sp³-hybridized carbons (Fsp3) is 0.421. The van der Waals surface area contributed by atoms with Crippen LogP contribution in [0.4, 0.5) is 5.69 Å². The molecule has 0 fully saturated rings. The normalized spacial score (nSPS) is 17.5. The zero-order valence-electron chi connectivity index (χ0n) is 15.0. The minimum absolute atomic E-state index is 0.0278. The first-order valence-corrected chi connectivity index (χ1v) is 10.3. The number of carbonyl (C=O) groups excluding carboxylic acids is 1. The van der Waals surface area contributed by atoms with Crippen molar-refractivity contribution in [3.05, 3.63) is 53.1 Å². The van der Waals surface area contributed by atoms with E-state index in [1.165, 1.54) is 11.1 Å². The van der Waals surface area contributed by atoms with E-state index in [1.807, 2.05) is 0 Å². The average molecular weight is 362 g/mol. The van der Waals surface area contributed by atoms with E-state index in [-0.39, 0.29) is 12.3 Å². The number of amides is 1. The predicted molar refractivity (Wildman–Crippen MR) is 102 cm³/mol. The van der Waals surface area contributed by atoms with Crippen molar-refractivity contribution in [3.8, 4) is 0 Å². The lowest BCUT2D eigenvalue weighted by Gasteiger charge is -2.19. The monoisotopic (exact) mass is 362 g/mol. The van der Waals surface area contributed by atoms with Crippen molar-refractivity contribution in [2.24, 2.45) is 5.92 Å². The molecule has 5 nitrogen and oxygen atoms in total. The van der Waals surface area contributed by atoms with Crippen molar-refractivity contribution in [1.82, 2.24) is 5.32 Å². The zero-order chi connectivity index (χ0) is 18.4. The van der Waals surface area contributed by atoms with Crippen LogP contribution in [0.2, 0.25) is 0 Å². The third-order valence-electron chi connectivity index (χ3n) is 4.32. The SMILES string of the molecule is CC1=CC=C(CCNC(=O)Cc2ccc(NS(C)(=O)=O)cc2)CC1C. The van der Waals surface area contributed by atoms with Crippen LogP contribution in [0, 0.1) is 5.92 Å². The highest BCUT2D eigenvalue weighted by Gasteiger charge is 2.12. The number of sulfonamides is 1. The molecule has 25 heavy (non-hydrogen) atoms. The summed E-state index contributed by atoms with van der Waals surface area (Å²) in [6.07, 6.45) is 7.65. The van der Waals surface area contributed by atoms with Crippen LogP contribution in [0.15, 0.2) is 47.6 Å². The quantitative estimate of drug-likeness (QED) is 0.783. The van der Waals surface area contributed by atoms with Gasteiger partial charge in [-0.3, -0.25) is 9.52 Å². The molecule has 0 aromatic heterocycles. The van der Waals surface area contributed by atoms with Crippen LogP contribution in [0.25, 0.3) is 0 Å². The number of nitrogens with one attached hydrogen (secondary N) is 2. The molecule has 0 bridgehead atoms. The number of hydrogen-bond donors (Lipinski definition) is 2. The van der Waals surface area contributed by atoms with Gasteiger partial charge in [0, 0.05) is 12.2 Å². The Morgan fingerprint density at radius 3 is 2.48 bits per heavy atom. The smallest absolute Gasteiger partial charge is 0.229 e. The van der Waals surface area contributed by atoms with Gasteiger partial charge in [0.2, 0.25) is 15.9 Å². The van der Waals surface area contributed by atoms with Crippen molar-refractivity contribution in [1.29, 1.82) is 0 Å². The maximum absolute atomic E-state index is 12.0. The van der Waals surface area contributed by atoms with Crippen LogP contribution in [0.3, 0.4) is 0 Å². The Kier molecular flexibility index (Phi) is 6.42. The summed E-state index contributed by atoms with van der Waals surface area (Å²) in [7, 11) is -3.28. The van der Waals surface area contributed by atoms with Gasteiger partial charge in [-0.25, -0.2) is 8.42 Å². The van der Waals surface area contributed by atoms with Crippen molar-refractivity contribution in [2.45, 2.75) is 33.1 Å². The van der Waals surface area contributed by atoms with Crippen molar-refractivity contribution >= 4 is 21.6 Å². The van der Waals surface area contributed by atoms with E-state index in [2.05, 4.69) is 36.0 Å². The van der Waals surface area contributed by atoms with E-state index < -0.39 is 10.0 Å². The topological polar surface area (TPSA) is 75.3 Å². The molecule has 0 heterocycles. The molecule has 136 valence electrons. The fourth-order valence-corrected chi connectivity index (χ4v) is 3.30. The van der Waals surface area contributed by atoms with Gasteiger partial charge in [-0.05, 0) is 43.4 Å². The van der Waals surface area contributed by atoms with Gasteiger partial charge in [-0.15, -0.1) is 0 Å². The van der Waals surface area contributed by atoms with Crippen LogP contribution in [-0.2, 0) is 21.2 Å². The molecule has 1 aliphatic rings. The van der Waals surface area contributed by atoms with E-state index >= 15 is 0 Å². The molecule has 1 atom stereocenters. The number of hydrogen-bond acceptors (Lipinski definition) is 3. The summed E-state index contributed by atoms with van der Waals surface area (Å²) in [6, 6.07) is 6.83. The molecular formula is C19H26N2O3S. The summed E-state index contributed by atoms with van der Waals surface area (Å²) in [5.74, 6) is 0.551. The standard InChI is InChI=1S/C19H26N2O3S/c1-14-4-5-17(12-15(14)2)10-11-20-19(22)13-16-6-8-18(9-7-16)21-25(3,23)24/h4-9,15,21H,10-13H2,1-3H3,(H,20,22). The summed E-state index contributed by atoms with van der Waals surface area (Å²) in [5, 5.41) is 2.95. The number of carbonyl (C=O) groups is 1. The van der Waals surface area contributed by atoms with E-state index in [1.54, 1.807) is 24.3 Å². The largest absolute Gasteiger partial charge is 0.355 e. The van der Waals surface area contributed by atoms with Crippen LogP contribution < -0.4 is 10.0 Å². The number of allylic oxidation sites excluding steroid dienone is 3. The van der Waals surface area contributed by atoms with Crippen molar-refractivity contribution in [3.63, 3.8) is 0 Å². The van der Waals surface area contributed by atoms with Gasteiger partial charge in [0.15, 0.2) is 0 Å². The molecule has 0 spiro atoms. The molecule has 1 unspecified atom stereocenters. The lowest BCUT2D eigenvalue weighted by Crippen LogP contribution is -2.26. The van der Waals surface area contributed by atoms with Gasteiger partial charge in [0.25, 0.3) is 0 Å². The molecule has 1 amide bonds. The summed E-state index contributed by atoms with van der Waals surface area (Å²) < 4.78 is 24.7. The zero-order valence-corrected chi connectivity index (χ0v) is 15.8. The molecular weight excluding hydrogens is 336 g/mol. The number of anilines is 1. The highest BCUT2D eigenvalue weighted by atomic mass is 32.2. The summed E-state index contributed by atoms with van der Waals surface area (Å²) in [4.78, 5) is 12.0. The Morgan fingerprint density at radius 1 is 1.20 bits per heavy atom. The Labute approximate surface area is 150 Å². The lowest BCUT2D eigenvalue weighted by atomic mass is 9.88. The summed E-state index contributed by atoms with van der Waals surface area (Å²) in [5.41, 5.74) is 4.12. The second-order valence-corrected chi connectivity index (χ2v) is 8.44. The molecule has 0 saturated carbocycles. The van der Waals surface area contributed by atoms with E-state index in [0.717, 1.165) is 24.7 Å². The molecule has 0 aliphatic heterocycles. The highest BCUT2D eigenvalue weighted by molar-refractivity contribution is 7.92. The molecule has 1 aliphatic carbocycles. The summed E-state index contributed by atoms with van der Waals surface area (Å²) in [6.45, 7) is 5.01. The first-order chi connectivity index (χ1) is 11.7. The van der Waals surface area contributed by atoms with Crippen molar-refractivity contribution in [2.75, 3.05) is 17.5 Å². The Morgan fingerprint density at radius 2 is 1.88 bits per heavy atom. The Bertz CT molecular complexity index is 777. The van der Waals surface area contributed by atoms with E-state index in [4.69, 9.17) is 0 Å². The van der Waals surface area contributed by atoms with Gasteiger partial charge < -0.3 is 5.32 Å². The maximum Gasteiger partial charge on any atom is 0.229 e. The van der Waals surface area contributed by atoms with Gasteiger partial charge >= 0.3 is 0 Å². The molecule has 6 heteroatoms. The van der Waals surface area contributed by atoms with Crippen LogP contribution in [-0.4, -0.2) is 27.1 Å². The van der Waals surface area contributed by atoms with Gasteiger partial charge in [-0.1, -0.05) is 42.4 Å². The van der Waals surface area contributed by atoms with Crippen molar-refractivity contribution < 1.29 is 13.2 Å². The first kappa shape index (κ1) is 19.2. The third kappa shape index (κ3) is 6.74. The van der Waals surface area contributed by atoms with Gasteiger partial charge in [0.1, 0.15) is 0 Å². The lowest BCUT2D eigenvalue weighted by molar-refractivity contribution is -0.120. The number of rotatable bonds is 7. The fourth-order valence-electron chi connectivity index (χ4n) is 2.74. The average Bonchev–Trinajstić information content (AvgIpc) is 2.51. The van der Waals surface area contributed by atoms with Crippen LogP contribution in [0.5, 0.6) is 0 Å². The van der Waals surface area contributed by atoms with Gasteiger partial charge in [-0.2, -0.15) is 0 Å². The van der Waals surface area contributed by atoms with E-state index in [0.29, 0.717) is 18.2 Å². The molecule has 2 rings (SSSR count). The Hall–Kier alpha value is -2.08. The molecule has 0 saturated heterocycles. The highest BCUT2D eigenvalue weighted by Crippen LogP contribution is 2.25. The Balaban J connectivity index is 1.77. The maximum atomic E-state index is 12.0. The molecule has 1 aromatic carbocycles. The minimum Gasteiger partial charge on any atom is -0.355 e. The third-order valence-corrected chi connectivity index (χ3v) is 4.92. The molecule has 1 aromatic rings. The van der Waals surface area contributed by atoms with Crippen LogP contribution in [0.1, 0.15) is 32.3 Å².